The number of carbonyl (C=O) groups is 1. The molecule has 1 aromatic carbocycles. The maximum Gasteiger partial charge on any atom is 0.311 e. The van der Waals surface area contributed by atoms with Crippen LogP contribution >= 0.6 is 0 Å². The number of hydrogen-bond donors (Lipinski definition) is 0. The third-order valence-corrected chi connectivity index (χ3v) is 2.90. The highest BCUT2D eigenvalue weighted by Gasteiger charge is 2.07. The largest absolute Gasteiger partial charge is 0.494 e. The molecule has 1 aromatic heterocycles. The van der Waals surface area contributed by atoms with Gasteiger partial charge in [-0.2, -0.15) is 0 Å². The first-order valence-corrected chi connectivity index (χ1v) is 7.07. The van der Waals surface area contributed by atoms with Crippen LogP contribution in [0.3, 0.4) is 0 Å². The lowest BCUT2D eigenvalue weighted by atomic mass is 10.1. The van der Waals surface area contributed by atoms with Crippen molar-refractivity contribution in [1.82, 2.24) is 4.98 Å². The summed E-state index contributed by atoms with van der Waals surface area (Å²) in [6, 6.07) is 13.4. The smallest absolute Gasteiger partial charge is 0.311 e. The van der Waals surface area contributed by atoms with Crippen LogP contribution in [0.15, 0.2) is 42.5 Å². The number of benzene rings is 1. The fourth-order valence-corrected chi connectivity index (χ4v) is 1.99. The monoisotopic (exact) mass is 285 g/mol. The average Bonchev–Trinajstić information content (AvgIpc) is 2.49. The van der Waals surface area contributed by atoms with Gasteiger partial charge in [0.25, 0.3) is 0 Å². The molecular weight excluding hydrogens is 266 g/mol. The van der Waals surface area contributed by atoms with Gasteiger partial charge in [-0.15, -0.1) is 0 Å². The van der Waals surface area contributed by atoms with E-state index < -0.39 is 0 Å². The molecule has 0 N–H and O–H groups in total. The number of esters is 1. The number of ether oxygens (including phenoxy) is 2. The van der Waals surface area contributed by atoms with Crippen molar-refractivity contribution in [3.8, 4) is 17.0 Å². The minimum absolute atomic E-state index is 0.193. The molecule has 0 unspecified atom stereocenters. The topological polar surface area (TPSA) is 48.4 Å². The maximum atomic E-state index is 11.5. The zero-order chi connectivity index (χ0) is 15.1. The number of rotatable bonds is 6. The second-order valence-corrected chi connectivity index (χ2v) is 4.45. The quantitative estimate of drug-likeness (QED) is 0.764. The van der Waals surface area contributed by atoms with Gasteiger partial charge >= 0.3 is 5.97 Å². The van der Waals surface area contributed by atoms with Crippen LogP contribution < -0.4 is 4.74 Å². The Morgan fingerprint density at radius 3 is 2.48 bits per heavy atom. The molecule has 0 saturated heterocycles. The van der Waals surface area contributed by atoms with E-state index in [-0.39, 0.29) is 12.4 Å². The van der Waals surface area contributed by atoms with Crippen LogP contribution in [-0.2, 0) is 16.0 Å². The number of aromatic nitrogens is 1. The summed E-state index contributed by atoms with van der Waals surface area (Å²) in [4.78, 5) is 16.0. The molecule has 110 valence electrons. The summed E-state index contributed by atoms with van der Waals surface area (Å²) < 4.78 is 10.4. The summed E-state index contributed by atoms with van der Waals surface area (Å²) in [7, 11) is 0. The second kappa shape index (κ2) is 7.43. The maximum absolute atomic E-state index is 11.5. The first-order chi connectivity index (χ1) is 10.2. The van der Waals surface area contributed by atoms with Crippen molar-refractivity contribution < 1.29 is 14.3 Å². The minimum Gasteiger partial charge on any atom is -0.494 e. The van der Waals surface area contributed by atoms with Crippen molar-refractivity contribution in [2.45, 2.75) is 20.3 Å². The van der Waals surface area contributed by atoms with Gasteiger partial charge in [0.1, 0.15) is 5.75 Å². The fourth-order valence-electron chi connectivity index (χ4n) is 1.99. The van der Waals surface area contributed by atoms with E-state index in [2.05, 4.69) is 4.98 Å². The van der Waals surface area contributed by atoms with E-state index in [1.807, 2.05) is 49.4 Å². The van der Waals surface area contributed by atoms with Crippen molar-refractivity contribution >= 4 is 5.97 Å². The Balaban J connectivity index is 2.14. The molecule has 4 heteroatoms. The van der Waals surface area contributed by atoms with Crippen molar-refractivity contribution in [2.75, 3.05) is 13.2 Å². The standard InChI is InChI=1S/C17H19NO3/c1-3-20-15-10-8-13(9-11-15)16-7-5-6-14(18-16)12-17(19)21-4-2/h5-11H,3-4,12H2,1-2H3. The Hall–Kier alpha value is -2.36. The molecule has 2 aromatic rings. The first-order valence-electron chi connectivity index (χ1n) is 7.07. The highest BCUT2D eigenvalue weighted by atomic mass is 16.5. The summed E-state index contributed by atoms with van der Waals surface area (Å²) in [5.41, 5.74) is 2.53. The predicted octanol–water partition coefficient (Wildman–Crippen LogP) is 3.25. The van der Waals surface area contributed by atoms with Crippen molar-refractivity contribution in [2.24, 2.45) is 0 Å². The molecule has 0 aliphatic heterocycles. The van der Waals surface area contributed by atoms with Gasteiger partial charge < -0.3 is 9.47 Å². The summed E-state index contributed by atoms with van der Waals surface area (Å²) >= 11 is 0. The van der Waals surface area contributed by atoms with E-state index in [9.17, 15) is 4.79 Å². The average molecular weight is 285 g/mol. The van der Waals surface area contributed by atoms with Gasteiger partial charge in [0.2, 0.25) is 0 Å². The van der Waals surface area contributed by atoms with Crippen LogP contribution in [0.1, 0.15) is 19.5 Å². The molecule has 0 bridgehead atoms. The molecule has 21 heavy (non-hydrogen) atoms. The molecule has 0 atom stereocenters. The minimum atomic E-state index is -0.256. The van der Waals surface area contributed by atoms with Crippen molar-refractivity contribution in [1.29, 1.82) is 0 Å². The molecule has 4 nitrogen and oxygen atoms in total. The van der Waals surface area contributed by atoms with Gasteiger partial charge in [-0.1, -0.05) is 6.07 Å². The number of carbonyl (C=O) groups excluding carboxylic acids is 1. The predicted molar refractivity (Wildman–Crippen MR) is 81.2 cm³/mol. The van der Waals surface area contributed by atoms with Crippen molar-refractivity contribution in [3.63, 3.8) is 0 Å². The van der Waals surface area contributed by atoms with Gasteiger partial charge in [-0.25, -0.2) is 0 Å². The van der Waals surface area contributed by atoms with Gasteiger partial charge in [-0.05, 0) is 50.2 Å². The Labute approximate surface area is 124 Å². The van der Waals surface area contributed by atoms with Crippen LogP contribution in [0.25, 0.3) is 11.3 Å². The highest BCUT2D eigenvalue weighted by molar-refractivity contribution is 5.72. The van der Waals surface area contributed by atoms with Gasteiger partial charge in [0.05, 0.1) is 31.0 Å². The third kappa shape index (κ3) is 4.31. The normalized spacial score (nSPS) is 10.2. The molecule has 1 heterocycles. The molecule has 0 amide bonds. The van der Waals surface area contributed by atoms with E-state index in [1.54, 1.807) is 6.92 Å². The summed E-state index contributed by atoms with van der Waals surface area (Å²) in [5.74, 6) is 0.581. The Kier molecular flexibility index (Phi) is 5.32. The number of nitrogens with zero attached hydrogens (tertiary/aromatic N) is 1. The Bertz CT molecular complexity index is 593. The lowest BCUT2D eigenvalue weighted by molar-refractivity contribution is -0.142. The molecular formula is C17H19NO3. The van der Waals surface area contributed by atoms with Gasteiger partial charge in [-0.3, -0.25) is 9.78 Å². The summed E-state index contributed by atoms with van der Waals surface area (Å²) in [5, 5.41) is 0. The van der Waals surface area contributed by atoms with Crippen LogP contribution in [0.5, 0.6) is 5.75 Å². The van der Waals surface area contributed by atoms with Crippen LogP contribution in [0.4, 0.5) is 0 Å². The van der Waals surface area contributed by atoms with E-state index in [0.29, 0.717) is 18.9 Å². The zero-order valence-corrected chi connectivity index (χ0v) is 12.3. The van der Waals surface area contributed by atoms with Crippen molar-refractivity contribution in [3.05, 3.63) is 48.2 Å². The molecule has 0 saturated carbocycles. The Morgan fingerprint density at radius 1 is 1.05 bits per heavy atom. The van der Waals surface area contributed by atoms with Crippen LogP contribution in [0, 0.1) is 0 Å². The van der Waals surface area contributed by atoms with Crippen LogP contribution in [-0.4, -0.2) is 24.2 Å². The lowest BCUT2D eigenvalue weighted by Crippen LogP contribution is -2.08. The van der Waals surface area contributed by atoms with E-state index in [0.717, 1.165) is 17.0 Å². The molecule has 0 spiro atoms. The first kappa shape index (κ1) is 15.0. The molecule has 0 aliphatic carbocycles. The van der Waals surface area contributed by atoms with E-state index in [1.165, 1.54) is 0 Å². The molecule has 0 fully saturated rings. The zero-order valence-electron chi connectivity index (χ0n) is 12.3. The summed E-state index contributed by atoms with van der Waals surface area (Å²) in [6.07, 6.45) is 0.193. The van der Waals surface area contributed by atoms with Gasteiger partial charge in [0, 0.05) is 5.56 Å². The molecule has 0 radical (unpaired) electrons. The summed E-state index contributed by atoms with van der Waals surface area (Å²) in [6.45, 7) is 4.78. The number of pyridine rings is 1. The van der Waals surface area contributed by atoms with E-state index >= 15 is 0 Å². The molecule has 0 aliphatic rings. The SMILES string of the molecule is CCOC(=O)Cc1cccc(-c2ccc(OCC)cc2)n1. The fraction of sp³-hybridized carbons (Fsp3) is 0.294. The van der Waals surface area contributed by atoms with Crippen LogP contribution in [0.2, 0.25) is 0 Å². The van der Waals surface area contributed by atoms with E-state index in [4.69, 9.17) is 9.47 Å². The third-order valence-electron chi connectivity index (χ3n) is 2.90. The lowest BCUT2D eigenvalue weighted by Gasteiger charge is -2.06. The highest BCUT2D eigenvalue weighted by Crippen LogP contribution is 2.21. The Morgan fingerprint density at radius 2 is 1.81 bits per heavy atom. The molecule has 2 rings (SSSR count). The second-order valence-electron chi connectivity index (χ2n) is 4.45. The van der Waals surface area contributed by atoms with Gasteiger partial charge in [0.15, 0.2) is 0 Å². The number of hydrogen-bond acceptors (Lipinski definition) is 4.